The van der Waals surface area contributed by atoms with Crippen molar-refractivity contribution in [2.24, 2.45) is 11.8 Å². The third-order valence-electron chi connectivity index (χ3n) is 7.42. The van der Waals surface area contributed by atoms with Crippen LogP contribution in [0.25, 0.3) is 0 Å². The van der Waals surface area contributed by atoms with Gasteiger partial charge in [-0.3, -0.25) is 9.59 Å². The van der Waals surface area contributed by atoms with Crippen LogP contribution < -0.4 is 5.32 Å². The molecule has 6 nitrogen and oxygen atoms in total. The predicted molar refractivity (Wildman–Crippen MR) is 132 cm³/mol. The lowest BCUT2D eigenvalue weighted by Gasteiger charge is -2.34. The lowest BCUT2D eigenvalue weighted by atomic mass is 9.70. The van der Waals surface area contributed by atoms with Crippen LogP contribution in [0.2, 0.25) is 0 Å². The summed E-state index contributed by atoms with van der Waals surface area (Å²) in [4.78, 5) is 24.6. The molecule has 0 bridgehead atoms. The van der Waals surface area contributed by atoms with Crippen molar-refractivity contribution >= 4 is 17.6 Å². The molecular formula is C28H38N2O4. The van der Waals surface area contributed by atoms with E-state index < -0.39 is 11.9 Å². The van der Waals surface area contributed by atoms with Crippen LogP contribution in [0.1, 0.15) is 111 Å². The van der Waals surface area contributed by atoms with Crippen LogP contribution >= 0.6 is 0 Å². The molecular weight excluding hydrogens is 428 g/mol. The molecule has 1 atom stereocenters. The van der Waals surface area contributed by atoms with E-state index in [0.29, 0.717) is 17.5 Å². The van der Waals surface area contributed by atoms with Gasteiger partial charge in [-0.05, 0) is 68.9 Å². The van der Waals surface area contributed by atoms with E-state index in [4.69, 9.17) is 4.52 Å². The number of rotatable bonds is 11. The summed E-state index contributed by atoms with van der Waals surface area (Å²) in [6.45, 7) is 8.50. The first kappa shape index (κ1) is 24.5. The number of aliphatic carboxylic acids is 1. The van der Waals surface area contributed by atoms with E-state index in [1.807, 2.05) is 32.0 Å². The average Bonchev–Trinajstić information content (AvgIpc) is 3.47. The highest BCUT2D eigenvalue weighted by atomic mass is 16.5. The summed E-state index contributed by atoms with van der Waals surface area (Å²) >= 11 is 0. The second kappa shape index (κ2) is 10.3. The molecule has 2 saturated carbocycles. The molecule has 0 radical (unpaired) electrons. The van der Waals surface area contributed by atoms with Gasteiger partial charge in [-0.2, -0.15) is 0 Å². The number of carbonyl (C=O) groups is 2. The van der Waals surface area contributed by atoms with Crippen LogP contribution in [-0.4, -0.2) is 22.1 Å². The molecule has 1 aromatic carbocycles. The van der Waals surface area contributed by atoms with E-state index >= 15 is 0 Å². The zero-order chi connectivity index (χ0) is 24.4. The number of aromatic nitrogens is 1. The van der Waals surface area contributed by atoms with Gasteiger partial charge in [-0.25, -0.2) is 0 Å². The highest BCUT2D eigenvalue weighted by Gasteiger charge is 2.41. The quantitative estimate of drug-likeness (QED) is 0.385. The molecule has 2 aliphatic carbocycles. The molecule has 4 rings (SSSR count). The van der Waals surface area contributed by atoms with Crippen molar-refractivity contribution in [3.63, 3.8) is 0 Å². The van der Waals surface area contributed by atoms with Gasteiger partial charge in [-0.15, -0.1) is 0 Å². The van der Waals surface area contributed by atoms with Crippen molar-refractivity contribution in [2.75, 3.05) is 5.32 Å². The van der Waals surface area contributed by atoms with Crippen molar-refractivity contribution in [1.82, 2.24) is 5.16 Å². The van der Waals surface area contributed by atoms with Gasteiger partial charge in [0.2, 0.25) is 5.91 Å². The topological polar surface area (TPSA) is 92.4 Å². The molecule has 0 unspecified atom stereocenters. The summed E-state index contributed by atoms with van der Waals surface area (Å²) < 4.78 is 5.89. The number of hydrogen-bond acceptors (Lipinski definition) is 4. The Morgan fingerprint density at radius 3 is 2.50 bits per heavy atom. The highest BCUT2D eigenvalue weighted by Crippen LogP contribution is 2.52. The van der Waals surface area contributed by atoms with E-state index in [1.54, 1.807) is 0 Å². The SMILES string of the molecule is Cc1ccc(NC(=O)C[C@H](CC(=O)O)c2noc(C3CC(CCC(C)C)C3)c2C2CC2)c(C)c1. The second-order valence-electron chi connectivity index (χ2n) is 11.0. The summed E-state index contributed by atoms with van der Waals surface area (Å²) in [6, 6.07) is 5.87. The first-order valence-corrected chi connectivity index (χ1v) is 12.8. The van der Waals surface area contributed by atoms with E-state index in [0.717, 1.165) is 65.7 Å². The zero-order valence-electron chi connectivity index (χ0n) is 20.9. The van der Waals surface area contributed by atoms with Gasteiger partial charge in [-0.1, -0.05) is 49.5 Å². The standard InChI is InChI=1S/C28H38N2O4/c1-16(2)5-7-19-12-22(13-19)28-26(20-8-9-20)27(30-34-28)21(15-25(32)33)14-24(31)29-23-10-6-17(3)11-18(23)4/h6,10-11,16,19-22H,5,7-9,12-15H2,1-4H3,(H,29,31)(H,32,33)/t19?,21-,22?/m1/s1. The summed E-state index contributed by atoms with van der Waals surface area (Å²) in [6.07, 6.45) is 6.87. The molecule has 1 aromatic heterocycles. The second-order valence-corrected chi connectivity index (χ2v) is 11.0. The minimum absolute atomic E-state index is 0.0764. The molecule has 2 aromatic rings. The van der Waals surface area contributed by atoms with Crippen molar-refractivity contribution in [1.29, 1.82) is 0 Å². The predicted octanol–water partition coefficient (Wildman–Crippen LogP) is 6.69. The Morgan fingerprint density at radius 1 is 1.15 bits per heavy atom. The Bertz CT molecular complexity index is 1030. The maximum atomic E-state index is 12.9. The van der Waals surface area contributed by atoms with Gasteiger partial charge in [0, 0.05) is 29.5 Å². The lowest BCUT2D eigenvalue weighted by molar-refractivity contribution is -0.137. The number of carbonyl (C=O) groups excluding carboxylic acids is 1. The third-order valence-corrected chi connectivity index (χ3v) is 7.42. The molecule has 184 valence electrons. The third kappa shape index (κ3) is 5.89. The number of nitrogens with zero attached hydrogens (tertiary/aromatic N) is 1. The lowest BCUT2D eigenvalue weighted by Crippen LogP contribution is -2.23. The molecule has 6 heteroatoms. The fourth-order valence-corrected chi connectivity index (χ4v) is 5.30. The molecule has 0 saturated heterocycles. The smallest absolute Gasteiger partial charge is 0.304 e. The Morgan fingerprint density at radius 2 is 1.88 bits per heavy atom. The average molecular weight is 467 g/mol. The monoisotopic (exact) mass is 466 g/mol. The van der Waals surface area contributed by atoms with Crippen molar-refractivity contribution in [3.8, 4) is 0 Å². The summed E-state index contributed by atoms with van der Waals surface area (Å²) in [5.41, 5.74) is 4.68. The number of carboxylic acid groups (broad SMARTS) is 1. The van der Waals surface area contributed by atoms with Gasteiger partial charge < -0.3 is 14.9 Å². The summed E-state index contributed by atoms with van der Waals surface area (Å²) in [5.74, 6) is 1.59. The van der Waals surface area contributed by atoms with Crippen LogP contribution in [0.3, 0.4) is 0 Å². The number of hydrogen-bond donors (Lipinski definition) is 2. The normalized spacial score (nSPS) is 20.7. The number of nitrogens with one attached hydrogen (secondary N) is 1. The molecule has 0 spiro atoms. The number of anilines is 1. The fourth-order valence-electron chi connectivity index (χ4n) is 5.30. The van der Waals surface area contributed by atoms with Crippen molar-refractivity contribution < 1.29 is 19.2 Å². The Hall–Kier alpha value is -2.63. The molecule has 1 amide bonds. The van der Waals surface area contributed by atoms with Gasteiger partial charge >= 0.3 is 5.97 Å². The maximum absolute atomic E-state index is 12.9. The molecule has 2 N–H and O–H groups in total. The Labute approximate surface area is 202 Å². The van der Waals surface area contributed by atoms with Crippen LogP contribution in [-0.2, 0) is 9.59 Å². The van der Waals surface area contributed by atoms with Crippen molar-refractivity contribution in [3.05, 3.63) is 46.3 Å². The Balaban J connectivity index is 1.49. The minimum atomic E-state index is -0.923. The first-order chi connectivity index (χ1) is 16.2. The molecule has 2 aliphatic rings. The van der Waals surface area contributed by atoms with E-state index in [2.05, 4.69) is 24.3 Å². The van der Waals surface area contributed by atoms with E-state index in [9.17, 15) is 14.7 Å². The van der Waals surface area contributed by atoms with Gasteiger partial charge in [0.1, 0.15) is 5.76 Å². The molecule has 1 heterocycles. The number of aryl methyl sites for hydroxylation is 2. The van der Waals surface area contributed by atoms with Crippen LogP contribution in [0.4, 0.5) is 5.69 Å². The van der Waals surface area contributed by atoms with Crippen molar-refractivity contribution in [2.45, 2.75) is 96.8 Å². The van der Waals surface area contributed by atoms with E-state index in [-0.39, 0.29) is 18.7 Å². The van der Waals surface area contributed by atoms with Gasteiger partial charge in [0.25, 0.3) is 0 Å². The zero-order valence-corrected chi connectivity index (χ0v) is 20.9. The molecule has 2 fully saturated rings. The van der Waals surface area contributed by atoms with Gasteiger partial charge in [0.15, 0.2) is 0 Å². The number of carboxylic acids is 1. The fraction of sp³-hybridized carbons (Fsp3) is 0.607. The first-order valence-electron chi connectivity index (χ1n) is 12.8. The molecule has 34 heavy (non-hydrogen) atoms. The van der Waals surface area contributed by atoms with Gasteiger partial charge in [0.05, 0.1) is 12.1 Å². The number of amides is 1. The largest absolute Gasteiger partial charge is 0.481 e. The van der Waals surface area contributed by atoms with Crippen LogP contribution in [0.5, 0.6) is 0 Å². The highest BCUT2D eigenvalue weighted by molar-refractivity contribution is 5.92. The van der Waals surface area contributed by atoms with Crippen LogP contribution in [0, 0.1) is 25.7 Å². The van der Waals surface area contributed by atoms with E-state index in [1.165, 1.54) is 12.8 Å². The maximum Gasteiger partial charge on any atom is 0.304 e. The minimum Gasteiger partial charge on any atom is -0.481 e. The Kier molecular flexibility index (Phi) is 7.44. The summed E-state index contributed by atoms with van der Waals surface area (Å²) in [5, 5.41) is 17.0. The summed E-state index contributed by atoms with van der Waals surface area (Å²) in [7, 11) is 0. The van der Waals surface area contributed by atoms with Crippen LogP contribution in [0.15, 0.2) is 22.7 Å². The number of benzene rings is 1. The molecule has 0 aliphatic heterocycles.